The van der Waals surface area contributed by atoms with E-state index >= 15 is 0 Å². The molecule has 2 N–H and O–H groups in total. The van der Waals surface area contributed by atoms with Gasteiger partial charge in [-0.2, -0.15) is 10.1 Å². The molecule has 0 bridgehead atoms. The normalized spacial score (nSPS) is 23.0. The summed E-state index contributed by atoms with van der Waals surface area (Å²) in [6.07, 6.45) is 6.60. The smallest absolute Gasteiger partial charge is 0.229 e. The molecule has 1 aliphatic heterocycles. The monoisotopic (exact) mass is 302 g/mol. The number of rotatable bonds is 6. The molecular formula is C15H22N6O. The molecule has 0 amide bonds. The van der Waals surface area contributed by atoms with Crippen LogP contribution in [-0.2, 0) is 13.1 Å². The van der Waals surface area contributed by atoms with Gasteiger partial charge in [0.2, 0.25) is 5.89 Å². The molecule has 7 nitrogen and oxygen atoms in total. The Balaban J connectivity index is 1.28. The fraction of sp³-hybridized carbons (Fsp3) is 0.667. The third-order valence-electron chi connectivity index (χ3n) is 4.42. The summed E-state index contributed by atoms with van der Waals surface area (Å²) in [6.45, 7) is 3.77. The van der Waals surface area contributed by atoms with Gasteiger partial charge in [0.05, 0.1) is 6.54 Å². The average Bonchev–Trinajstić information content (AvgIpc) is 3.06. The molecule has 0 unspecified atom stereocenters. The lowest BCUT2D eigenvalue weighted by molar-refractivity contribution is 0.177. The van der Waals surface area contributed by atoms with E-state index in [1.54, 1.807) is 6.20 Å². The van der Waals surface area contributed by atoms with E-state index in [0.717, 1.165) is 43.6 Å². The summed E-state index contributed by atoms with van der Waals surface area (Å²) in [5, 5.41) is 14.7. The first-order valence-electron chi connectivity index (χ1n) is 8.13. The Morgan fingerprint density at radius 1 is 1.36 bits per heavy atom. The molecule has 1 aliphatic carbocycles. The summed E-state index contributed by atoms with van der Waals surface area (Å²) >= 11 is 0. The van der Waals surface area contributed by atoms with E-state index in [4.69, 9.17) is 4.52 Å². The highest BCUT2D eigenvalue weighted by atomic mass is 16.5. The summed E-state index contributed by atoms with van der Waals surface area (Å²) in [6, 6.07) is 2.51. The SMILES string of the molecule is c1cc(CN[C@H]2CCCN(Cc3noc(C4CC4)n3)C2)[nH]n1. The van der Waals surface area contributed by atoms with Crippen molar-refractivity contribution in [3.8, 4) is 0 Å². The van der Waals surface area contributed by atoms with Gasteiger partial charge < -0.3 is 9.84 Å². The highest BCUT2D eigenvalue weighted by Crippen LogP contribution is 2.38. The lowest BCUT2D eigenvalue weighted by atomic mass is 10.1. The van der Waals surface area contributed by atoms with Gasteiger partial charge in [-0.15, -0.1) is 0 Å². The van der Waals surface area contributed by atoms with Crippen LogP contribution in [0.2, 0.25) is 0 Å². The number of nitrogens with one attached hydrogen (secondary N) is 2. The van der Waals surface area contributed by atoms with Crippen molar-refractivity contribution in [3.63, 3.8) is 0 Å². The summed E-state index contributed by atoms with van der Waals surface area (Å²) in [4.78, 5) is 6.94. The van der Waals surface area contributed by atoms with Gasteiger partial charge in [-0.05, 0) is 38.3 Å². The highest BCUT2D eigenvalue weighted by molar-refractivity contribution is 5.02. The van der Waals surface area contributed by atoms with Crippen molar-refractivity contribution in [2.24, 2.45) is 0 Å². The molecule has 1 atom stereocenters. The zero-order valence-corrected chi connectivity index (χ0v) is 12.7. The molecule has 2 aromatic heterocycles. The first-order valence-corrected chi connectivity index (χ1v) is 8.13. The van der Waals surface area contributed by atoms with Crippen molar-refractivity contribution in [1.29, 1.82) is 0 Å². The minimum absolute atomic E-state index is 0.506. The van der Waals surface area contributed by atoms with Gasteiger partial charge in [-0.25, -0.2) is 0 Å². The Morgan fingerprint density at radius 3 is 3.14 bits per heavy atom. The first-order chi connectivity index (χ1) is 10.9. The van der Waals surface area contributed by atoms with E-state index in [-0.39, 0.29) is 0 Å². The maximum absolute atomic E-state index is 5.34. The maximum Gasteiger partial charge on any atom is 0.229 e. The number of likely N-dealkylation sites (tertiary alicyclic amines) is 1. The molecule has 1 saturated carbocycles. The molecule has 4 rings (SSSR count). The minimum Gasteiger partial charge on any atom is -0.339 e. The van der Waals surface area contributed by atoms with Crippen LogP contribution in [0.15, 0.2) is 16.8 Å². The van der Waals surface area contributed by atoms with Gasteiger partial charge in [-0.3, -0.25) is 10.00 Å². The molecule has 22 heavy (non-hydrogen) atoms. The summed E-state index contributed by atoms with van der Waals surface area (Å²) in [5.74, 6) is 2.20. The number of aromatic nitrogens is 4. The van der Waals surface area contributed by atoms with Crippen LogP contribution in [0.1, 0.15) is 49.0 Å². The Kier molecular flexibility index (Phi) is 3.90. The number of hydrogen-bond acceptors (Lipinski definition) is 6. The van der Waals surface area contributed by atoms with Crippen LogP contribution >= 0.6 is 0 Å². The summed E-state index contributed by atoms with van der Waals surface area (Å²) < 4.78 is 5.34. The topological polar surface area (TPSA) is 82.9 Å². The van der Waals surface area contributed by atoms with Crippen LogP contribution in [0.4, 0.5) is 0 Å². The van der Waals surface area contributed by atoms with Crippen LogP contribution < -0.4 is 5.32 Å². The lowest BCUT2D eigenvalue weighted by Gasteiger charge is -2.32. The van der Waals surface area contributed by atoms with E-state index in [0.29, 0.717) is 12.0 Å². The Bertz CT molecular complexity index is 591. The summed E-state index contributed by atoms with van der Waals surface area (Å²) in [5.41, 5.74) is 1.13. The molecule has 2 aliphatic rings. The van der Waals surface area contributed by atoms with E-state index < -0.39 is 0 Å². The predicted octanol–water partition coefficient (Wildman–Crippen LogP) is 1.42. The van der Waals surface area contributed by atoms with Crippen molar-refractivity contribution in [3.05, 3.63) is 29.7 Å². The Labute approximate surface area is 129 Å². The lowest BCUT2D eigenvalue weighted by Crippen LogP contribution is -2.45. The zero-order chi connectivity index (χ0) is 14.8. The van der Waals surface area contributed by atoms with E-state index in [9.17, 15) is 0 Å². The number of H-pyrrole nitrogens is 1. The molecule has 7 heteroatoms. The van der Waals surface area contributed by atoms with Gasteiger partial charge in [0.1, 0.15) is 0 Å². The third-order valence-corrected chi connectivity index (χ3v) is 4.42. The predicted molar refractivity (Wildman–Crippen MR) is 80.0 cm³/mol. The van der Waals surface area contributed by atoms with E-state index in [2.05, 4.69) is 30.6 Å². The number of hydrogen-bond donors (Lipinski definition) is 2. The van der Waals surface area contributed by atoms with Crippen LogP contribution in [-0.4, -0.2) is 44.4 Å². The second kappa shape index (κ2) is 6.18. The quantitative estimate of drug-likeness (QED) is 0.840. The molecule has 3 heterocycles. The van der Waals surface area contributed by atoms with Crippen molar-refractivity contribution < 1.29 is 4.52 Å². The number of aromatic amines is 1. The Morgan fingerprint density at radius 2 is 2.32 bits per heavy atom. The van der Waals surface area contributed by atoms with Gasteiger partial charge in [0, 0.05) is 36.9 Å². The van der Waals surface area contributed by atoms with Crippen LogP contribution in [0.25, 0.3) is 0 Å². The average molecular weight is 302 g/mol. The van der Waals surface area contributed by atoms with Crippen LogP contribution in [0.3, 0.4) is 0 Å². The molecule has 1 saturated heterocycles. The van der Waals surface area contributed by atoms with Crippen molar-refractivity contribution in [2.45, 2.75) is 50.7 Å². The van der Waals surface area contributed by atoms with E-state index in [1.165, 1.54) is 25.7 Å². The molecule has 118 valence electrons. The third kappa shape index (κ3) is 3.36. The van der Waals surface area contributed by atoms with Crippen LogP contribution in [0, 0.1) is 0 Å². The largest absolute Gasteiger partial charge is 0.339 e. The molecule has 0 spiro atoms. The molecule has 0 aromatic carbocycles. The molecule has 2 aromatic rings. The fourth-order valence-corrected chi connectivity index (χ4v) is 3.03. The standard InChI is InChI=1S/C15H22N6O/c1-2-13(16-8-12-5-6-17-19-12)9-21(7-1)10-14-18-15(22-20-14)11-3-4-11/h5-6,11,13,16H,1-4,7-10H2,(H,17,19)/t13-/m0/s1. The zero-order valence-electron chi connectivity index (χ0n) is 12.7. The van der Waals surface area contributed by atoms with Crippen molar-refractivity contribution in [2.75, 3.05) is 13.1 Å². The van der Waals surface area contributed by atoms with Crippen molar-refractivity contribution in [1.82, 2.24) is 30.6 Å². The first kappa shape index (κ1) is 13.9. The van der Waals surface area contributed by atoms with Crippen molar-refractivity contribution >= 4 is 0 Å². The highest BCUT2D eigenvalue weighted by Gasteiger charge is 2.30. The minimum atomic E-state index is 0.506. The second-order valence-corrected chi connectivity index (χ2v) is 6.36. The number of nitrogens with zero attached hydrogens (tertiary/aromatic N) is 4. The number of piperidine rings is 1. The Hall–Kier alpha value is -1.73. The summed E-state index contributed by atoms with van der Waals surface area (Å²) in [7, 11) is 0. The molecular weight excluding hydrogens is 280 g/mol. The molecule has 0 radical (unpaired) electrons. The van der Waals surface area contributed by atoms with E-state index in [1.807, 2.05) is 6.07 Å². The van der Waals surface area contributed by atoms with Crippen LogP contribution in [0.5, 0.6) is 0 Å². The van der Waals surface area contributed by atoms with Gasteiger partial charge in [-0.1, -0.05) is 5.16 Å². The van der Waals surface area contributed by atoms with Gasteiger partial charge in [0.25, 0.3) is 0 Å². The fourth-order valence-electron chi connectivity index (χ4n) is 3.03. The molecule has 2 fully saturated rings. The van der Waals surface area contributed by atoms with Gasteiger partial charge in [0.15, 0.2) is 5.82 Å². The maximum atomic E-state index is 5.34. The van der Waals surface area contributed by atoms with Gasteiger partial charge >= 0.3 is 0 Å². The second-order valence-electron chi connectivity index (χ2n) is 6.36.